The van der Waals surface area contributed by atoms with E-state index in [0.717, 1.165) is 12.8 Å². The Labute approximate surface area is 79.0 Å². The third-order valence-electron chi connectivity index (χ3n) is 3.39. The van der Waals surface area contributed by atoms with Gasteiger partial charge < -0.3 is 4.74 Å². The lowest BCUT2D eigenvalue weighted by Crippen LogP contribution is -2.29. The van der Waals surface area contributed by atoms with E-state index in [1.807, 2.05) is 13.8 Å². The van der Waals surface area contributed by atoms with Gasteiger partial charge in [0.05, 0.1) is 5.41 Å². The molecule has 0 radical (unpaired) electrons. The van der Waals surface area contributed by atoms with Gasteiger partial charge in [0.2, 0.25) is 0 Å². The van der Waals surface area contributed by atoms with Gasteiger partial charge in [0.15, 0.2) is 0 Å². The normalized spacial score (nSPS) is 36.5. The molecule has 2 nitrogen and oxygen atoms in total. The largest absolute Gasteiger partial charge is 0.457 e. The van der Waals surface area contributed by atoms with Gasteiger partial charge in [-0.25, -0.2) is 0 Å². The van der Waals surface area contributed by atoms with Crippen LogP contribution in [-0.4, -0.2) is 12.1 Å². The highest BCUT2D eigenvalue weighted by Gasteiger charge is 2.50. The lowest BCUT2D eigenvalue weighted by molar-refractivity contribution is -0.146. The molecule has 2 rings (SSSR count). The van der Waals surface area contributed by atoms with E-state index >= 15 is 0 Å². The van der Waals surface area contributed by atoms with Crippen LogP contribution < -0.4 is 0 Å². The average Bonchev–Trinajstić information content (AvgIpc) is 2.23. The Hall–Kier alpha value is -0.790. The molecule has 0 N–H and O–H groups in total. The third kappa shape index (κ3) is 1.19. The summed E-state index contributed by atoms with van der Waals surface area (Å²) in [4.78, 5) is 11.5. The van der Waals surface area contributed by atoms with Crippen molar-refractivity contribution < 1.29 is 9.53 Å². The van der Waals surface area contributed by atoms with Crippen molar-refractivity contribution in [3.63, 3.8) is 0 Å². The molecule has 0 unspecified atom stereocenters. The van der Waals surface area contributed by atoms with Crippen LogP contribution in [0.1, 0.15) is 33.6 Å². The Morgan fingerprint density at radius 2 is 2.23 bits per heavy atom. The predicted octanol–water partition coefficient (Wildman–Crippen LogP) is 2.29. The highest BCUT2D eigenvalue weighted by molar-refractivity contribution is 5.79. The van der Waals surface area contributed by atoms with Gasteiger partial charge in [-0.1, -0.05) is 5.57 Å². The summed E-state index contributed by atoms with van der Waals surface area (Å²) in [7, 11) is 0. The minimum atomic E-state index is -0.276. The summed E-state index contributed by atoms with van der Waals surface area (Å²) in [6, 6.07) is 0. The van der Waals surface area contributed by atoms with Crippen LogP contribution in [0.5, 0.6) is 0 Å². The predicted molar refractivity (Wildman–Crippen MR) is 50.1 cm³/mol. The maximum absolute atomic E-state index is 11.5. The van der Waals surface area contributed by atoms with Crippen molar-refractivity contribution in [2.75, 3.05) is 0 Å². The fourth-order valence-electron chi connectivity index (χ4n) is 2.34. The Morgan fingerprint density at radius 3 is 2.92 bits per heavy atom. The van der Waals surface area contributed by atoms with E-state index in [0.29, 0.717) is 5.92 Å². The van der Waals surface area contributed by atoms with Crippen LogP contribution in [-0.2, 0) is 9.53 Å². The first-order valence-electron chi connectivity index (χ1n) is 4.90. The summed E-state index contributed by atoms with van der Waals surface area (Å²) in [5, 5.41) is 0. The Balaban J connectivity index is 2.30. The molecule has 1 heterocycles. The Bertz CT molecular complexity index is 276. The van der Waals surface area contributed by atoms with Gasteiger partial charge >= 0.3 is 5.97 Å². The average molecular weight is 180 g/mol. The molecule has 0 aromatic rings. The molecule has 0 aromatic heterocycles. The lowest BCUT2D eigenvalue weighted by Gasteiger charge is -2.27. The number of fused-ring (bicyclic) bond motifs is 1. The molecule has 1 aliphatic heterocycles. The van der Waals surface area contributed by atoms with Crippen molar-refractivity contribution in [2.24, 2.45) is 11.3 Å². The molecule has 2 atom stereocenters. The van der Waals surface area contributed by atoms with Crippen LogP contribution in [0, 0.1) is 11.3 Å². The van der Waals surface area contributed by atoms with E-state index in [9.17, 15) is 4.79 Å². The number of allylic oxidation sites excluding steroid dienone is 1. The van der Waals surface area contributed by atoms with E-state index in [1.54, 1.807) is 0 Å². The second kappa shape index (κ2) is 2.60. The molecule has 13 heavy (non-hydrogen) atoms. The fourth-order valence-corrected chi connectivity index (χ4v) is 2.34. The number of hydrogen-bond acceptors (Lipinski definition) is 2. The smallest absolute Gasteiger partial charge is 0.312 e. The van der Waals surface area contributed by atoms with Crippen LogP contribution >= 0.6 is 0 Å². The molecule has 1 saturated heterocycles. The van der Waals surface area contributed by atoms with Crippen molar-refractivity contribution >= 4 is 5.97 Å². The zero-order valence-electron chi connectivity index (χ0n) is 8.46. The SMILES string of the molecule is CC1=C[C@@H]2OC(=O)C(C)(C)[C@H]2CC1. The first-order valence-corrected chi connectivity index (χ1v) is 4.90. The van der Waals surface area contributed by atoms with E-state index < -0.39 is 0 Å². The fraction of sp³-hybridized carbons (Fsp3) is 0.727. The van der Waals surface area contributed by atoms with Gasteiger partial charge in [0.1, 0.15) is 6.10 Å². The van der Waals surface area contributed by atoms with Crippen molar-refractivity contribution in [2.45, 2.75) is 39.7 Å². The van der Waals surface area contributed by atoms with Crippen LogP contribution in [0.2, 0.25) is 0 Å². The summed E-state index contributed by atoms with van der Waals surface area (Å²) in [5.74, 6) is 0.358. The molecule has 0 spiro atoms. The maximum Gasteiger partial charge on any atom is 0.312 e. The molecule has 0 saturated carbocycles. The number of carbonyl (C=O) groups is 1. The van der Waals surface area contributed by atoms with Crippen molar-refractivity contribution in [3.05, 3.63) is 11.6 Å². The zero-order chi connectivity index (χ0) is 9.64. The van der Waals surface area contributed by atoms with Crippen LogP contribution in [0.15, 0.2) is 11.6 Å². The molecule has 2 aliphatic rings. The van der Waals surface area contributed by atoms with Crippen LogP contribution in [0.3, 0.4) is 0 Å². The van der Waals surface area contributed by atoms with Gasteiger partial charge in [-0.3, -0.25) is 4.79 Å². The van der Waals surface area contributed by atoms with E-state index in [4.69, 9.17) is 4.74 Å². The summed E-state index contributed by atoms with van der Waals surface area (Å²) < 4.78 is 5.34. The monoisotopic (exact) mass is 180 g/mol. The Kier molecular flexibility index (Phi) is 1.76. The van der Waals surface area contributed by atoms with Crippen molar-refractivity contribution in [3.8, 4) is 0 Å². The highest BCUT2D eigenvalue weighted by Crippen LogP contribution is 2.45. The number of hydrogen-bond donors (Lipinski definition) is 0. The summed E-state index contributed by atoms with van der Waals surface area (Å²) in [6.07, 6.45) is 4.37. The second-order valence-corrected chi connectivity index (χ2v) is 4.75. The minimum absolute atomic E-state index is 0.0338. The van der Waals surface area contributed by atoms with E-state index in [1.165, 1.54) is 5.57 Å². The van der Waals surface area contributed by atoms with Gasteiger partial charge in [0.25, 0.3) is 0 Å². The number of rotatable bonds is 0. The standard InChI is InChI=1S/C11H16O2/c1-7-4-5-8-9(6-7)13-10(12)11(8,2)3/h6,8-9H,4-5H2,1-3H3/t8-,9-/m0/s1. The van der Waals surface area contributed by atoms with E-state index in [-0.39, 0.29) is 17.5 Å². The Morgan fingerprint density at radius 1 is 1.54 bits per heavy atom. The molecule has 0 amide bonds. The topological polar surface area (TPSA) is 26.3 Å². The van der Waals surface area contributed by atoms with E-state index in [2.05, 4.69) is 13.0 Å². The lowest BCUT2D eigenvalue weighted by atomic mass is 9.73. The first kappa shape index (κ1) is 8.79. The highest BCUT2D eigenvalue weighted by atomic mass is 16.6. The van der Waals surface area contributed by atoms with Crippen molar-refractivity contribution in [1.29, 1.82) is 0 Å². The molecule has 0 aromatic carbocycles. The van der Waals surface area contributed by atoms with Gasteiger partial charge in [-0.15, -0.1) is 0 Å². The number of carbonyl (C=O) groups excluding carboxylic acids is 1. The zero-order valence-corrected chi connectivity index (χ0v) is 8.46. The minimum Gasteiger partial charge on any atom is -0.457 e. The van der Waals surface area contributed by atoms with Crippen LogP contribution in [0.25, 0.3) is 0 Å². The molecule has 1 fully saturated rings. The van der Waals surface area contributed by atoms with Crippen molar-refractivity contribution in [1.82, 2.24) is 0 Å². The number of ether oxygens (including phenoxy) is 1. The summed E-state index contributed by atoms with van der Waals surface area (Å²) >= 11 is 0. The van der Waals surface area contributed by atoms with Gasteiger partial charge in [-0.2, -0.15) is 0 Å². The molecule has 0 bridgehead atoms. The van der Waals surface area contributed by atoms with Crippen LogP contribution in [0.4, 0.5) is 0 Å². The first-order chi connectivity index (χ1) is 6.01. The summed E-state index contributed by atoms with van der Waals surface area (Å²) in [5.41, 5.74) is 1.08. The molecule has 1 aliphatic carbocycles. The second-order valence-electron chi connectivity index (χ2n) is 4.75. The molecular formula is C11H16O2. The third-order valence-corrected chi connectivity index (χ3v) is 3.39. The molecular weight excluding hydrogens is 164 g/mol. The summed E-state index contributed by atoms with van der Waals surface area (Å²) in [6.45, 7) is 6.10. The van der Waals surface area contributed by atoms with Gasteiger partial charge in [0, 0.05) is 5.92 Å². The number of esters is 1. The van der Waals surface area contributed by atoms with Gasteiger partial charge in [-0.05, 0) is 39.7 Å². The quantitative estimate of drug-likeness (QED) is 0.422. The molecule has 72 valence electrons. The molecule has 2 heteroatoms. The maximum atomic E-state index is 11.5.